The van der Waals surface area contributed by atoms with Gasteiger partial charge in [0.1, 0.15) is 11.8 Å². The van der Waals surface area contributed by atoms with Crippen LogP contribution in [0, 0.1) is 0 Å². The molecule has 0 amide bonds. The van der Waals surface area contributed by atoms with E-state index < -0.39 is 0 Å². The molecular formula is C21H26N3O2+. The first-order valence-corrected chi connectivity index (χ1v) is 9.15. The lowest BCUT2D eigenvalue weighted by Crippen LogP contribution is -2.85. The first-order chi connectivity index (χ1) is 12.7. The summed E-state index contributed by atoms with van der Waals surface area (Å²) in [6, 6.07) is 15.1. The van der Waals surface area contributed by atoms with Crippen molar-refractivity contribution in [3.05, 3.63) is 64.7 Å². The fourth-order valence-electron chi connectivity index (χ4n) is 3.18. The quantitative estimate of drug-likeness (QED) is 0.665. The van der Waals surface area contributed by atoms with Crippen LogP contribution in [0.15, 0.2) is 53.3 Å². The van der Waals surface area contributed by atoms with Gasteiger partial charge in [-0.15, -0.1) is 0 Å². The Morgan fingerprint density at radius 2 is 1.88 bits per heavy atom. The van der Waals surface area contributed by atoms with Gasteiger partial charge in [0.05, 0.1) is 30.2 Å². The first kappa shape index (κ1) is 18.1. The van der Waals surface area contributed by atoms with E-state index in [-0.39, 0.29) is 11.6 Å². The summed E-state index contributed by atoms with van der Waals surface area (Å²) in [4.78, 5) is 18.1. The maximum atomic E-state index is 13.3. The molecule has 1 atom stereocenters. The highest BCUT2D eigenvalue weighted by molar-refractivity contribution is 5.78. The average molecular weight is 352 g/mol. The summed E-state index contributed by atoms with van der Waals surface area (Å²) in [6.45, 7) is 5.28. The van der Waals surface area contributed by atoms with Crippen LogP contribution in [-0.4, -0.2) is 23.2 Å². The summed E-state index contributed by atoms with van der Waals surface area (Å²) in [5.41, 5.74) is 1.39. The maximum Gasteiger partial charge on any atom is 0.266 e. The van der Waals surface area contributed by atoms with Crippen LogP contribution in [0.4, 0.5) is 0 Å². The molecule has 2 N–H and O–H groups in total. The molecule has 0 aliphatic carbocycles. The van der Waals surface area contributed by atoms with Crippen LogP contribution in [-0.2, 0) is 0 Å². The van der Waals surface area contributed by atoms with Crippen LogP contribution < -0.4 is 15.6 Å². The molecule has 1 aromatic heterocycles. The van der Waals surface area contributed by atoms with Crippen LogP contribution in [0.25, 0.3) is 16.6 Å². The molecule has 0 saturated heterocycles. The van der Waals surface area contributed by atoms with Gasteiger partial charge in [0.25, 0.3) is 5.56 Å². The third kappa shape index (κ3) is 3.48. The molecule has 26 heavy (non-hydrogen) atoms. The van der Waals surface area contributed by atoms with E-state index >= 15 is 0 Å². The molecular weight excluding hydrogens is 326 g/mol. The fourth-order valence-corrected chi connectivity index (χ4v) is 3.18. The van der Waals surface area contributed by atoms with Gasteiger partial charge in [-0.05, 0) is 37.6 Å². The smallest absolute Gasteiger partial charge is 0.266 e. The van der Waals surface area contributed by atoms with Gasteiger partial charge in [-0.2, -0.15) is 0 Å². The monoisotopic (exact) mass is 352 g/mol. The predicted octanol–water partition coefficient (Wildman–Crippen LogP) is 2.82. The fraction of sp³-hybridized carbons (Fsp3) is 0.333. The molecule has 136 valence electrons. The summed E-state index contributed by atoms with van der Waals surface area (Å²) in [5.74, 6) is 1.41. The highest BCUT2D eigenvalue weighted by Crippen LogP contribution is 2.24. The van der Waals surface area contributed by atoms with E-state index in [1.54, 1.807) is 11.7 Å². The zero-order chi connectivity index (χ0) is 18.5. The number of hydrogen-bond donors (Lipinski definition) is 1. The number of nitrogens with two attached hydrogens (primary N) is 1. The van der Waals surface area contributed by atoms with Crippen molar-refractivity contribution >= 4 is 10.9 Å². The Morgan fingerprint density at radius 1 is 1.15 bits per heavy atom. The number of benzene rings is 2. The molecule has 0 unspecified atom stereocenters. The Morgan fingerprint density at radius 3 is 2.65 bits per heavy atom. The zero-order valence-electron chi connectivity index (χ0n) is 15.6. The number of quaternary nitrogens is 1. The van der Waals surface area contributed by atoms with Crippen molar-refractivity contribution in [3.8, 4) is 11.4 Å². The number of fused-ring (bicyclic) bond motifs is 1. The minimum Gasteiger partial charge on any atom is -0.495 e. The summed E-state index contributed by atoms with van der Waals surface area (Å²) in [6.07, 6.45) is 2.28. The van der Waals surface area contributed by atoms with Crippen LogP contribution in [0.3, 0.4) is 0 Å². The van der Waals surface area contributed by atoms with Crippen molar-refractivity contribution in [3.63, 3.8) is 0 Å². The molecule has 0 aliphatic rings. The minimum absolute atomic E-state index is 0.0590. The highest BCUT2D eigenvalue weighted by atomic mass is 16.5. The van der Waals surface area contributed by atoms with E-state index in [0.29, 0.717) is 11.1 Å². The summed E-state index contributed by atoms with van der Waals surface area (Å²) in [7, 11) is 1.62. The molecule has 1 heterocycles. The number of methoxy groups -OCH3 is 1. The standard InChI is InChI=1S/C21H25N3O2/c1-4-5-14-22-15(2)20-23-17-11-7-6-10-16(17)21(25)24(20)18-12-8-9-13-19(18)26-3/h6-13,15,22H,4-5,14H2,1-3H3/p+1/t15-/m1/s1. The minimum atomic E-state index is -0.0640. The lowest BCUT2D eigenvalue weighted by Gasteiger charge is -2.19. The molecule has 0 bridgehead atoms. The molecule has 0 saturated carbocycles. The van der Waals surface area contributed by atoms with Gasteiger partial charge < -0.3 is 10.1 Å². The Labute approximate surface area is 153 Å². The van der Waals surface area contributed by atoms with Crippen molar-refractivity contribution in [2.75, 3.05) is 13.7 Å². The molecule has 3 aromatic rings. The van der Waals surface area contributed by atoms with Crippen molar-refractivity contribution in [1.29, 1.82) is 0 Å². The maximum absolute atomic E-state index is 13.3. The molecule has 2 aromatic carbocycles. The molecule has 5 nitrogen and oxygen atoms in total. The number of rotatable bonds is 7. The van der Waals surface area contributed by atoms with Gasteiger partial charge in [0.2, 0.25) is 0 Å². The number of nitrogens with zero attached hydrogens (tertiary/aromatic N) is 2. The van der Waals surface area contributed by atoms with Crippen LogP contribution >= 0.6 is 0 Å². The molecule has 3 rings (SSSR count). The van der Waals surface area contributed by atoms with E-state index in [1.165, 1.54) is 0 Å². The second-order valence-corrected chi connectivity index (χ2v) is 6.47. The molecule has 0 aliphatic heterocycles. The molecule has 5 heteroatoms. The van der Waals surface area contributed by atoms with E-state index in [4.69, 9.17) is 9.72 Å². The topological polar surface area (TPSA) is 60.7 Å². The lowest BCUT2D eigenvalue weighted by atomic mass is 10.2. The molecule has 0 fully saturated rings. The normalized spacial score (nSPS) is 12.3. The van der Waals surface area contributed by atoms with Crippen LogP contribution in [0.2, 0.25) is 0 Å². The Bertz CT molecular complexity index is 949. The van der Waals surface area contributed by atoms with Crippen molar-refractivity contribution < 1.29 is 10.1 Å². The third-order valence-corrected chi connectivity index (χ3v) is 4.61. The molecule has 0 spiro atoms. The lowest BCUT2D eigenvalue weighted by molar-refractivity contribution is -0.694. The van der Waals surface area contributed by atoms with Gasteiger partial charge in [0.15, 0.2) is 5.82 Å². The number of ether oxygens (including phenoxy) is 1. The second-order valence-electron chi connectivity index (χ2n) is 6.47. The summed E-state index contributed by atoms with van der Waals surface area (Å²) >= 11 is 0. The van der Waals surface area contributed by atoms with E-state index in [1.807, 2.05) is 48.5 Å². The SMILES string of the molecule is CCCC[NH2+][C@H](C)c1nc2ccccc2c(=O)n1-c1ccccc1OC. The van der Waals surface area contributed by atoms with E-state index in [0.717, 1.165) is 36.4 Å². The summed E-state index contributed by atoms with van der Waals surface area (Å²) in [5, 5.41) is 2.86. The van der Waals surface area contributed by atoms with Crippen molar-refractivity contribution in [2.24, 2.45) is 0 Å². The van der Waals surface area contributed by atoms with E-state index in [2.05, 4.69) is 19.2 Å². The first-order valence-electron chi connectivity index (χ1n) is 9.15. The Balaban J connectivity index is 2.23. The van der Waals surface area contributed by atoms with E-state index in [9.17, 15) is 4.79 Å². The van der Waals surface area contributed by atoms with Crippen LogP contribution in [0.1, 0.15) is 38.6 Å². The molecule has 0 radical (unpaired) electrons. The largest absolute Gasteiger partial charge is 0.495 e. The van der Waals surface area contributed by atoms with Gasteiger partial charge in [-0.1, -0.05) is 37.6 Å². The van der Waals surface area contributed by atoms with Gasteiger partial charge in [-0.25, -0.2) is 4.98 Å². The second kappa shape index (κ2) is 8.15. The number of unbranched alkanes of at least 4 members (excludes halogenated alkanes) is 1. The summed E-state index contributed by atoms with van der Waals surface area (Å²) < 4.78 is 7.21. The number of aromatic nitrogens is 2. The Hall–Kier alpha value is -2.66. The van der Waals surface area contributed by atoms with Gasteiger partial charge in [0, 0.05) is 0 Å². The zero-order valence-corrected chi connectivity index (χ0v) is 15.6. The Kier molecular flexibility index (Phi) is 5.68. The van der Waals surface area contributed by atoms with Crippen LogP contribution in [0.5, 0.6) is 5.75 Å². The van der Waals surface area contributed by atoms with Crippen molar-refractivity contribution in [2.45, 2.75) is 32.7 Å². The van der Waals surface area contributed by atoms with Gasteiger partial charge in [-0.3, -0.25) is 9.36 Å². The number of para-hydroxylation sites is 3. The number of hydrogen-bond acceptors (Lipinski definition) is 3. The van der Waals surface area contributed by atoms with Gasteiger partial charge >= 0.3 is 0 Å². The average Bonchev–Trinajstić information content (AvgIpc) is 2.68. The third-order valence-electron chi connectivity index (χ3n) is 4.61. The highest BCUT2D eigenvalue weighted by Gasteiger charge is 2.21. The predicted molar refractivity (Wildman–Crippen MR) is 104 cm³/mol. The van der Waals surface area contributed by atoms with Crippen molar-refractivity contribution in [1.82, 2.24) is 9.55 Å².